The van der Waals surface area contributed by atoms with Gasteiger partial charge in [0.25, 0.3) is 0 Å². The van der Waals surface area contributed by atoms with E-state index >= 15 is 0 Å². The Hall–Kier alpha value is -2.80. The van der Waals surface area contributed by atoms with E-state index in [-0.39, 0.29) is 0 Å². The van der Waals surface area contributed by atoms with Crippen LogP contribution in [-0.4, -0.2) is 59.7 Å². The molecule has 2 fully saturated rings. The Morgan fingerprint density at radius 3 is 2.52 bits per heavy atom. The van der Waals surface area contributed by atoms with E-state index in [0.717, 1.165) is 67.1 Å². The van der Waals surface area contributed by atoms with E-state index in [0.29, 0.717) is 0 Å². The second-order valence-electron chi connectivity index (χ2n) is 8.26. The Balaban J connectivity index is 1.34. The summed E-state index contributed by atoms with van der Waals surface area (Å²) in [5.74, 6) is 2.55. The molecule has 29 heavy (non-hydrogen) atoms. The van der Waals surface area contributed by atoms with Crippen molar-refractivity contribution >= 4 is 34.2 Å². The maximum absolute atomic E-state index is 4.68. The molecule has 3 heterocycles. The van der Waals surface area contributed by atoms with Gasteiger partial charge in [-0.2, -0.15) is 0 Å². The summed E-state index contributed by atoms with van der Waals surface area (Å²) in [4.78, 5) is 14.1. The van der Waals surface area contributed by atoms with Gasteiger partial charge in [0.2, 0.25) is 5.95 Å². The molecule has 3 aromatic rings. The summed E-state index contributed by atoms with van der Waals surface area (Å²) >= 11 is 0. The molecule has 0 amide bonds. The summed E-state index contributed by atoms with van der Waals surface area (Å²) in [5.41, 5.74) is 4.41. The zero-order chi connectivity index (χ0) is 19.8. The first-order valence-corrected chi connectivity index (χ1v) is 10.5. The summed E-state index contributed by atoms with van der Waals surface area (Å²) in [6.45, 7) is 5.43. The van der Waals surface area contributed by atoms with Crippen LogP contribution in [0.25, 0.3) is 11.0 Å². The molecule has 5 rings (SSSR count). The van der Waals surface area contributed by atoms with Crippen molar-refractivity contribution in [3.63, 3.8) is 0 Å². The predicted octanol–water partition coefficient (Wildman–Crippen LogP) is 3.38. The van der Waals surface area contributed by atoms with Crippen LogP contribution < -0.4 is 15.5 Å². The maximum Gasteiger partial charge on any atom is 0.203 e. The lowest BCUT2D eigenvalue weighted by atomic mass is 10.2. The van der Waals surface area contributed by atoms with Crippen LogP contribution in [0.2, 0.25) is 0 Å². The van der Waals surface area contributed by atoms with Gasteiger partial charge in [0, 0.05) is 57.2 Å². The second kappa shape index (κ2) is 7.55. The van der Waals surface area contributed by atoms with Gasteiger partial charge in [-0.1, -0.05) is 0 Å². The average Bonchev–Trinajstić information content (AvgIpc) is 3.50. The zero-order valence-electron chi connectivity index (χ0n) is 17.2. The molecule has 0 radical (unpaired) electrons. The molecule has 2 aliphatic rings. The number of aromatic nitrogens is 3. The molecule has 2 aromatic heterocycles. The Kier molecular flexibility index (Phi) is 4.75. The molecule has 1 saturated heterocycles. The van der Waals surface area contributed by atoms with E-state index in [1.807, 2.05) is 13.2 Å². The van der Waals surface area contributed by atoms with Crippen molar-refractivity contribution in [2.75, 3.05) is 55.8 Å². The minimum atomic E-state index is 0.784. The van der Waals surface area contributed by atoms with Crippen molar-refractivity contribution in [2.24, 2.45) is 5.92 Å². The molecule has 1 aliphatic carbocycles. The first kappa shape index (κ1) is 18.2. The number of anilines is 4. The average molecular weight is 392 g/mol. The fraction of sp³-hybridized carbons (Fsp3) is 0.455. The van der Waals surface area contributed by atoms with Crippen molar-refractivity contribution in [1.29, 1.82) is 0 Å². The maximum atomic E-state index is 4.68. The number of nitrogens with zero attached hydrogens (tertiary/aromatic N) is 5. The van der Waals surface area contributed by atoms with E-state index in [1.54, 1.807) is 0 Å². The van der Waals surface area contributed by atoms with Crippen LogP contribution in [0, 0.1) is 5.92 Å². The first-order valence-electron chi connectivity index (χ1n) is 10.5. The third kappa shape index (κ3) is 3.87. The summed E-state index contributed by atoms with van der Waals surface area (Å²) in [5, 5.41) is 6.68. The molecule has 152 valence electrons. The van der Waals surface area contributed by atoms with E-state index in [9.17, 15) is 0 Å². The number of piperazine rings is 1. The van der Waals surface area contributed by atoms with Gasteiger partial charge in [0.05, 0.1) is 11.7 Å². The standard InChI is InChI=1S/C22H29N7/c1-23-22-26-19-14-24-21(13-20(19)29(22)15-16-3-4-16)25-17-5-7-18(8-6-17)28-11-9-27(2)10-12-28/h5-8,13-14,16H,3-4,9-12,15H2,1-2H3,(H,23,26)(H,24,25). The van der Waals surface area contributed by atoms with Gasteiger partial charge in [-0.3, -0.25) is 0 Å². The molecule has 1 aliphatic heterocycles. The number of rotatable bonds is 6. The SMILES string of the molecule is CNc1nc2cnc(Nc3ccc(N4CCN(C)CC4)cc3)cc2n1CC1CC1. The molecular weight excluding hydrogens is 362 g/mol. The highest BCUT2D eigenvalue weighted by Gasteiger charge is 2.24. The van der Waals surface area contributed by atoms with Crippen molar-refractivity contribution in [1.82, 2.24) is 19.4 Å². The molecule has 7 nitrogen and oxygen atoms in total. The van der Waals surface area contributed by atoms with Gasteiger partial charge < -0.3 is 25.0 Å². The smallest absolute Gasteiger partial charge is 0.203 e. The Morgan fingerprint density at radius 1 is 1.07 bits per heavy atom. The second-order valence-corrected chi connectivity index (χ2v) is 8.26. The molecular formula is C22H29N7. The molecule has 0 atom stereocenters. The van der Waals surface area contributed by atoms with Crippen molar-refractivity contribution in [2.45, 2.75) is 19.4 Å². The van der Waals surface area contributed by atoms with Crippen molar-refractivity contribution < 1.29 is 0 Å². The lowest BCUT2D eigenvalue weighted by Crippen LogP contribution is -2.44. The van der Waals surface area contributed by atoms with Crippen LogP contribution in [0.4, 0.5) is 23.1 Å². The van der Waals surface area contributed by atoms with Gasteiger partial charge in [-0.05, 0) is 50.1 Å². The molecule has 1 aromatic carbocycles. The molecule has 2 N–H and O–H groups in total. The monoisotopic (exact) mass is 391 g/mol. The van der Waals surface area contributed by atoms with Crippen molar-refractivity contribution in [3.05, 3.63) is 36.5 Å². The Morgan fingerprint density at radius 2 is 1.83 bits per heavy atom. The number of hydrogen-bond acceptors (Lipinski definition) is 6. The summed E-state index contributed by atoms with van der Waals surface area (Å²) in [6, 6.07) is 10.8. The van der Waals surface area contributed by atoms with Gasteiger partial charge in [0.15, 0.2) is 0 Å². The van der Waals surface area contributed by atoms with Crippen LogP contribution >= 0.6 is 0 Å². The first-order chi connectivity index (χ1) is 14.2. The number of pyridine rings is 1. The molecule has 0 unspecified atom stereocenters. The lowest BCUT2D eigenvalue weighted by Gasteiger charge is -2.34. The van der Waals surface area contributed by atoms with Crippen LogP contribution in [-0.2, 0) is 6.54 Å². The van der Waals surface area contributed by atoms with Gasteiger partial charge >= 0.3 is 0 Å². The van der Waals surface area contributed by atoms with Crippen LogP contribution in [0.15, 0.2) is 36.5 Å². The third-order valence-corrected chi connectivity index (χ3v) is 6.00. The normalized spacial score (nSPS) is 17.7. The molecule has 1 saturated carbocycles. The predicted molar refractivity (Wildman–Crippen MR) is 119 cm³/mol. The summed E-state index contributed by atoms with van der Waals surface area (Å²) in [7, 11) is 4.11. The number of likely N-dealkylation sites (N-methyl/N-ethyl adjacent to an activating group) is 1. The highest BCUT2D eigenvalue weighted by atomic mass is 15.2. The number of hydrogen-bond donors (Lipinski definition) is 2. The van der Waals surface area contributed by atoms with E-state index in [1.165, 1.54) is 18.5 Å². The van der Waals surface area contributed by atoms with Crippen LogP contribution in [0.3, 0.4) is 0 Å². The zero-order valence-corrected chi connectivity index (χ0v) is 17.2. The lowest BCUT2D eigenvalue weighted by molar-refractivity contribution is 0.313. The molecule has 0 bridgehead atoms. The quantitative estimate of drug-likeness (QED) is 0.672. The third-order valence-electron chi connectivity index (χ3n) is 6.00. The van der Waals surface area contributed by atoms with Crippen molar-refractivity contribution in [3.8, 4) is 0 Å². The summed E-state index contributed by atoms with van der Waals surface area (Å²) < 4.78 is 2.29. The number of fused-ring (bicyclic) bond motifs is 1. The van der Waals surface area contributed by atoms with Gasteiger partial charge in [-0.25, -0.2) is 9.97 Å². The number of imidazole rings is 1. The topological polar surface area (TPSA) is 61.3 Å². The molecule has 7 heteroatoms. The minimum Gasteiger partial charge on any atom is -0.369 e. The Bertz CT molecular complexity index is 982. The van der Waals surface area contributed by atoms with E-state index in [4.69, 9.17) is 0 Å². The summed E-state index contributed by atoms with van der Waals surface area (Å²) in [6.07, 6.45) is 4.50. The fourth-order valence-electron chi connectivity index (χ4n) is 4.00. The minimum absolute atomic E-state index is 0.784. The number of nitrogens with one attached hydrogen (secondary N) is 2. The van der Waals surface area contributed by atoms with Crippen LogP contribution in [0.5, 0.6) is 0 Å². The van der Waals surface area contributed by atoms with Gasteiger partial charge in [-0.15, -0.1) is 0 Å². The van der Waals surface area contributed by atoms with E-state index in [2.05, 4.69) is 72.3 Å². The van der Waals surface area contributed by atoms with Gasteiger partial charge in [0.1, 0.15) is 11.3 Å². The fourth-order valence-corrected chi connectivity index (χ4v) is 4.00. The largest absolute Gasteiger partial charge is 0.369 e. The van der Waals surface area contributed by atoms with E-state index < -0.39 is 0 Å². The molecule has 0 spiro atoms. The highest BCUT2D eigenvalue weighted by molar-refractivity contribution is 5.81. The number of benzene rings is 1. The van der Waals surface area contributed by atoms with Crippen LogP contribution in [0.1, 0.15) is 12.8 Å². The highest BCUT2D eigenvalue weighted by Crippen LogP contribution is 2.34. The Labute approximate surface area is 171 Å².